The van der Waals surface area contributed by atoms with Gasteiger partial charge >= 0.3 is 11.9 Å². The predicted octanol–water partition coefficient (Wildman–Crippen LogP) is -0.213. The van der Waals surface area contributed by atoms with Gasteiger partial charge in [-0.1, -0.05) is 30.3 Å². The first kappa shape index (κ1) is 16.4. The Balaban J connectivity index is 1.55. The molecule has 3 heterocycles. The van der Waals surface area contributed by atoms with Gasteiger partial charge in [0, 0.05) is 20.6 Å². The fourth-order valence-corrected chi connectivity index (χ4v) is 3.57. The van der Waals surface area contributed by atoms with Crippen LogP contribution in [0.5, 0.6) is 0 Å². The van der Waals surface area contributed by atoms with Crippen molar-refractivity contribution in [1.82, 2.24) is 14.7 Å². The number of hydrogen-bond acceptors (Lipinski definition) is 4. The first-order valence-corrected chi connectivity index (χ1v) is 8.55. The zero-order valence-electron chi connectivity index (χ0n) is 14.8. The molecule has 8 heteroatoms. The fraction of sp³-hybridized carbons (Fsp3) is 0.389. The molecule has 0 radical (unpaired) electrons. The van der Waals surface area contributed by atoms with Crippen molar-refractivity contribution in [3.8, 4) is 0 Å². The number of aliphatic imine (C=N–C) groups is 1. The quantitative estimate of drug-likeness (QED) is 0.705. The molecule has 3 aliphatic heterocycles. The van der Waals surface area contributed by atoms with Crippen molar-refractivity contribution in [2.24, 2.45) is 4.99 Å². The summed E-state index contributed by atoms with van der Waals surface area (Å²) in [5, 5.41) is 0. The minimum absolute atomic E-state index is 0.0314. The van der Waals surface area contributed by atoms with Gasteiger partial charge in [-0.15, -0.1) is 0 Å². The molecule has 0 aliphatic carbocycles. The Morgan fingerprint density at radius 2 is 1.85 bits per heavy atom. The van der Waals surface area contributed by atoms with Gasteiger partial charge in [0.05, 0.1) is 0 Å². The summed E-state index contributed by atoms with van der Waals surface area (Å²) < 4.78 is 1.72. The monoisotopic (exact) mass is 354 g/mol. The average Bonchev–Trinajstić information content (AvgIpc) is 3.02. The molecule has 0 saturated carbocycles. The lowest BCUT2D eigenvalue weighted by Gasteiger charge is -2.31. The molecule has 1 atom stereocenters. The summed E-state index contributed by atoms with van der Waals surface area (Å²) in [7, 11) is 3.05. The van der Waals surface area contributed by atoms with Crippen LogP contribution in [0.4, 0.5) is 4.79 Å². The van der Waals surface area contributed by atoms with E-state index in [-0.39, 0.29) is 18.4 Å². The molecule has 1 unspecified atom stereocenters. The molecule has 26 heavy (non-hydrogen) atoms. The van der Waals surface area contributed by atoms with Gasteiger partial charge in [-0.3, -0.25) is 19.4 Å². The summed E-state index contributed by atoms with van der Waals surface area (Å²) >= 11 is 0. The summed E-state index contributed by atoms with van der Waals surface area (Å²) in [5.74, 6) is 0.704. The molecule has 0 bridgehead atoms. The third kappa shape index (κ3) is 2.49. The number of fused-ring (bicyclic) bond motifs is 2. The van der Waals surface area contributed by atoms with E-state index >= 15 is 0 Å². The first-order valence-electron chi connectivity index (χ1n) is 8.55. The lowest BCUT2D eigenvalue weighted by Crippen LogP contribution is -2.62. The van der Waals surface area contributed by atoms with E-state index in [2.05, 4.69) is 4.99 Å². The van der Waals surface area contributed by atoms with Gasteiger partial charge in [0.15, 0.2) is 6.54 Å². The van der Waals surface area contributed by atoms with Crippen molar-refractivity contribution in [3.63, 3.8) is 0 Å². The van der Waals surface area contributed by atoms with E-state index in [0.717, 1.165) is 11.3 Å². The highest BCUT2D eigenvalue weighted by Crippen LogP contribution is 2.21. The first-order chi connectivity index (χ1) is 12.5. The minimum atomic E-state index is -0.682. The van der Waals surface area contributed by atoms with Crippen LogP contribution >= 0.6 is 0 Å². The van der Waals surface area contributed by atoms with Crippen LogP contribution < -0.4 is 0 Å². The van der Waals surface area contributed by atoms with Crippen molar-refractivity contribution in [2.45, 2.75) is 12.5 Å². The van der Waals surface area contributed by atoms with Crippen LogP contribution in [0.3, 0.4) is 0 Å². The lowest BCUT2D eigenvalue weighted by molar-refractivity contribution is -0.529. The maximum atomic E-state index is 12.6. The van der Waals surface area contributed by atoms with E-state index in [1.165, 1.54) is 17.5 Å². The second-order valence-electron chi connectivity index (χ2n) is 6.71. The number of imide groups is 1. The number of rotatable bonds is 3. The van der Waals surface area contributed by atoms with Gasteiger partial charge in [0.2, 0.25) is 0 Å². The van der Waals surface area contributed by atoms with E-state index in [4.69, 9.17) is 0 Å². The number of nitrogens with zero attached hydrogens (tertiary/aromatic N) is 5. The highest BCUT2D eigenvalue weighted by atomic mass is 16.2. The van der Waals surface area contributed by atoms with E-state index in [0.29, 0.717) is 24.8 Å². The molecule has 8 nitrogen and oxygen atoms in total. The van der Waals surface area contributed by atoms with Gasteiger partial charge in [0.1, 0.15) is 6.54 Å². The molecule has 0 N–H and O–H groups in total. The number of benzene rings is 1. The van der Waals surface area contributed by atoms with Crippen molar-refractivity contribution in [1.29, 1.82) is 0 Å². The molecule has 1 aromatic carbocycles. The summed E-state index contributed by atoms with van der Waals surface area (Å²) in [4.78, 5) is 46.0. The number of carbonyl (C=O) groups is 3. The Bertz CT molecular complexity index is 861. The highest BCUT2D eigenvalue weighted by Gasteiger charge is 2.54. The summed E-state index contributed by atoms with van der Waals surface area (Å²) in [5.41, 5.74) is 1.17. The lowest BCUT2D eigenvalue weighted by atomic mass is 10.1. The average molecular weight is 354 g/mol. The summed E-state index contributed by atoms with van der Waals surface area (Å²) in [6.45, 7) is 1.05. The molecular formula is C18H20N5O3+. The van der Waals surface area contributed by atoms with E-state index in [1.54, 1.807) is 16.5 Å². The van der Waals surface area contributed by atoms with E-state index < -0.39 is 12.1 Å². The largest absolute Gasteiger partial charge is 0.333 e. The van der Waals surface area contributed by atoms with Crippen LogP contribution in [0, 0.1) is 0 Å². The molecule has 1 aromatic rings. The Kier molecular flexibility index (Phi) is 3.82. The van der Waals surface area contributed by atoms with Crippen LogP contribution in [0.25, 0.3) is 0 Å². The topological polar surface area (TPSA) is 76.3 Å². The number of carbonyl (C=O) groups excluding carboxylic acids is 3. The predicted molar refractivity (Wildman–Crippen MR) is 94.0 cm³/mol. The van der Waals surface area contributed by atoms with Crippen LogP contribution in [0.2, 0.25) is 0 Å². The Labute approximate surface area is 151 Å². The molecule has 3 aliphatic rings. The number of amidine groups is 2. The van der Waals surface area contributed by atoms with Crippen molar-refractivity contribution in [3.05, 3.63) is 35.9 Å². The smallest absolute Gasteiger partial charge is 0.327 e. The van der Waals surface area contributed by atoms with Gasteiger partial charge in [-0.05, 0) is 17.0 Å². The number of amides is 4. The Hall–Kier alpha value is -3.03. The zero-order valence-corrected chi connectivity index (χ0v) is 14.8. The fourth-order valence-electron chi connectivity index (χ4n) is 3.57. The maximum absolute atomic E-state index is 12.6. The molecule has 4 amide bonds. The molecule has 134 valence electrons. The zero-order chi connectivity index (χ0) is 18.4. The van der Waals surface area contributed by atoms with Crippen LogP contribution in [0.1, 0.15) is 5.56 Å². The van der Waals surface area contributed by atoms with Crippen molar-refractivity contribution in [2.75, 3.05) is 33.7 Å². The number of likely N-dealkylation sites (N-methyl/N-ethyl adjacent to an activating group) is 2. The minimum Gasteiger partial charge on any atom is -0.327 e. The Morgan fingerprint density at radius 1 is 1.12 bits per heavy atom. The van der Waals surface area contributed by atoms with Crippen LogP contribution in [0.15, 0.2) is 35.3 Å². The van der Waals surface area contributed by atoms with E-state index in [1.807, 2.05) is 30.3 Å². The van der Waals surface area contributed by atoms with Crippen molar-refractivity contribution >= 4 is 29.5 Å². The van der Waals surface area contributed by atoms with Gasteiger partial charge < -0.3 is 4.90 Å². The molecule has 4 rings (SSSR count). The third-order valence-electron chi connectivity index (χ3n) is 5.12. The molecule has 1 saturated heterocycles. The molecule has 0 spiro atoms. The van der Waals surface area contributed by atoms with Crippen LogP contribution in [-0.4, -0.2) is 88.6 Å². The van der Waals surface area contributed by atoms with Gasteiger partial charge in [-0.2, -0.15) is 0 Å². The second kappa shape index (κ2) is 6.05. The Morgan fingerprint density at radius 3 is 2.58 bits per heavy atom. The van der Waals surface area contributed by atoms with Crippen LogP contribution in [-0.2, 0) is 16.0 Å². The number of hydrogen-bond donors (Lipinski definition) is 0. The summed E-state index contributed by atoms with van der Waals surface area (Å²) in [6.07, 6.45) is 0.764. The molecule has 0 aromatic heterocycles. The SMILES string of the molecule is CN1C(=O)C2C(=NC3=[N+]2CC(=O)N(CCc2ccccc2)C3)N(C)C1=O. The highest BCUT2D eigenvalue weighted by molar-refractivity contribution is 6.23. The number of urea groups is 1. The van der Waals surface area contributed by atoms with E-state index in [9.17, 15) is 14.4 Å². The molecular weight excluding hydrogens is 334 g/mol. The van der Waals surface area contributed by atoms with Crippen molar-refractivity contribution < 1.29 is 19.0 Å². The normalized spacial score (nSPS) is 22.7. The van der Waals surface area contributed by atoms with Gasteiger partial charge in [0.25, 0.3) is 23.7 Å². The maximum Gasteiger partial charge on any atom is 0.333 e. The summed E-state index contributed by atoms with van der Waals surface area (Å²) in [6, 6.07) is 8.90. The third-order valence-corrected chi connectivity index (χ3v) is 5.12. The standard InChI is InChI=1S/C18H20N5O3/c1-20-16-15(17(25)21(2)18(20)26)23-11-14(24)22(10-13(23)19-16)9-8-12-6-4-3-5-7-12/h3-7,15H,8-11H2,1-2H3/q+1. The second-order valence-corrected chi connectivity index (χ2v) is 6.71. The van der Waals surface area contributed by atoms with Gasteiger partial charge in [-0.25, -0.2) is 9.37 Å². The molecule has 1 fully saturated rings.